The van der Waals surface area contributed by atoms with Crippen LogP contribution in [0.3, 0.4) is 0 Å². The molecule has 0 unspecified atom stereocenters. The summed E-state index contributed by atoms with van der Waals surface area (Å²) in [6, 6.07) is 15.2. The summed E-state index contributed by atoms with van der Waals surface area (Å²) in [6.45, 7) is 7.27. The van der Waals surface area contributed by atoms with E-state index in [0.717, 1.165) is 21.9 Å². The molecule has 6 nitrogen and oxygen atoms in total. The van der Waals surface area contributed by atoms with Crippen LogP contribution in [0, 0.1) is 6.92 Å². The first-order valence-corrected chi connectivity index (χ1v) is 11.1. The van der Waals surface area contributed by atoms with Gasteiger partial charge in [-0.05, 0) is 42.2 Å². The van der Waals surface area contributed by atoms with Crippen molar-refractivity contribution < 1.29 is 14.3 Å². The van der Waals surface area contributed by atoms with Crippen molar-refractivity contribution in [1.29, 1.82) is 0 Å². The van der Waals surface area contributed by atoms with Gasteiger partial charge in [0, 0.05) is 24.0 Å². The van der Waals surface area contributed by atoms with Gasteiger partial charge in [-0.1, -0.05) is 44.2 Å². The van der Waals surface area contributed by atoms with Crippen LogP contribution in [-0.2, 0) is 6.61 Å². The van der Waals surface area contributed by atoms with Crippen LogP contribution in [0.25, 0.3) is 0 Å². The van der Waals surface area contributed by atoms with E-state index in [4.69, 9.17) is 4.74 Å². The number of amides is 2. The minimum atomic E-state index is -0.269. The molecule has 0 radical (unpaired) electrons. The fourth-order valence-corrected chi connectivity index (χ4v) is 3.68. The topological polar surface area (TPSA) is 80.3 Å². The van der Waals surface area contributed by atoms with Gasteiger partial charge in [0.25, 0.3) is 11.8 Å². The second-order valence-electron chi connectivity index (χ2n) is 7.49. The van der Waals surface area contributed by atoms with E-state index in [2.05, 4.69) is 41.6 Å². The number of rotatable bonds is 9. The highest BCUT2D eigenvalue weighted by Gasteiger charge is 2.13. The monoisotopic (exact) mass is 437 g/mol. The average Bonchev–Trinajstić information content (AvgIpc) is 3.24. The van der Waals surface area contributed by atoms with E-state index in [-0.39, 0.29) is 11.8 Å². The molecule has 2 N–H and O–H groups in total. The zero-order valence-electron chi connectivity index (χ0n) is 18.0. The van der Waals surface area contributed by atoms with E-state index in [1.165, 1.54) is 11.3 Å². The Labute approximate surface area is 186 Å². The van der Waals surface area contributed by atoms with Crippen LogP contribution in [0.5, 0.6) is 5.75 Å². The van der Waals surface area contributed by atoms with Gasteiger partial charge in [0.1, 0.15) is 23.1 Å². The zero-order chi connectivity index (χ0) is 22.2. The lowest BCUT2D eigenvalue weighted by Gasteiger charge is -2.14. The Morgan fingerprint density at radius 1 is 1.03 bits per heavy atom. The van der Waals surface area contributed by atoms with E-state index in [0.29, 0.717) is 36.9 Å². The van der Waals surface area contributed by atoms with Gasteiger partial charge in [-0.2, -0.15) is 0 Å². The Kier molecular flexibility index (Phi) is 7.78. The van der Waals surface area contributed by atoms with Crippen LogP contribution in [0.1, 0.15) is 56.7 Å². The lowest BCUT2D eigenvalue weighted by Crippen LogP contribution is -2.34. The largest absolute Gasteiger partial charge is 0.486 e. The number of carbonyl (C=O) groups is 2. The third-order valence-electron chi connectivity index (χ3n) is 4.66. The standard InChI is InChI=1S/C24H27N3O3S/c1-16(2)19-10-9-17(3)13-21(19)30-14-22-27-20(15-31-22)24(29)26-12-11-25-23(28)18-7-5-4-6-8-18/h4-10,13,15-16H,11-12,14H2,1-3H3,(H,25,28)(H,26,29). The molecule has 0 aliphatic heterocycles. The Morgan fingerprint density at radius 2 is 1.74 bits per heavy atom. The fourth-order valence-electron chi connectivity index (χ4n) is 3.00. The lowest BCUT2D eigenvalue weighted by molar-refractivity contribution is 0.0925. The van der Waals surface area contributed by atoms with Crippen LogP contribution >= 0.6 is 11.3 Å². The number of ether oxygens (including phenoxy) is 1. The van der Waals surface area contributed by atoms with Crippen molar-refractivity contribution in [2.75, 3.05) is 13.1 Å². The summed E-state index contributed by atoms with van der Waals surface area (Å²) < 4.78 is 5.99. The van der Waals surface area contributed by atoms with Crippen molar-refractivity contribution in [1.82, 2.24) is 15.6 Å². The summed E-state index contributed by atoms with van der Waals surface area (Å²) in [5.74, 6) is 0.774. The Bertz CT molecular complexity index is 1030. The highest BCUT2D eigenvalue weighted by Crippen LogP contribution is 2.28. The van der Waals surface area contributed by atoms with Crippen molar-refractivity contribution in [3.63, 3.8) is 0 Å². The van der Waals surface area contributed by atoms with Gasteiger partial charge < -0.3 is 15.4 Å². The fraction of sp³-hybridized carbons (Fsp3) is 0.292. The van der Waals surface area contributed by atoms with Gasteiger partial charge in [-0.15, -0.1) is 11.3 Å². The Hall–Kier alpha value is -3.19. The zero-order valence-corrected chi connectivity index (χ0v) is 18.8. The second-order valence-corrected chi connectivity index (χ2v) is 8.43. The van der Waals surface area contributed by atoms with Crippen molar-refractivity contribution in [3.8, 4) is 5.75 Å². The van der Waals surface area contributed by atoms with Gasteiger partial charge in [0.05, 0.1) is 0 Å². The quantitative estimate of drug-likeness (QED) is 0.489. The number of aryl methyl sites for hydroxylation is 1. The molecule has 0 atom stereocenters. The van der Waals surface area contributed by atoms with Gasteiger partial charge in [0.15, 0.2) is 0 Å². The van der Waals surface area contributed by atoms with E-state index in [1.807, 2.05) is 31.2 Å². The van der Waals surface area contributed by atoms with Gasteiger partial charge in [-0.3, -0.25) is 9.59 Å². The SMILES string of the molecule is Cc1ccc(C(C)C)c(OCc2nc(C(=O)NCCNC(=O)c3ccccc3)cs2)c1. The van der Waals surface area contributed by atoms with Crippen LogP contribution in [0.2, 0.25) is 0 Å². The van der Waals surface area contributed by atoms with E-state index in [1.54, 1.807) is 17.5 Å². The molecule has 31 heavy (non-hydrogen) atoms. The molecule has 0 saturated carbocycles. The first-order chi connectivity index (χ1) is 14.9. The van der Waals surface area contributed by atoms with Crippen LogP contribution in [0.15, 0.2) is 53.9 Å². The molecule has 7 heteroatoms. The van der Waals surface area contributed by atoms with Crippen LogP contribution in [-0.4, -0.2) is 29.9 Å². The first kappa shape index (κ1) is 22.5. The molecule has 0 fully saturated rings. The molecule has 0 saturated heterocycles. The Morgan fingerprint density at radius 3 is 2.45 bits per heavy atom. The number of nitrogens with one attached hydrogen (secondary N) is 2. The number of hydrogen-bond acceptors (Lipinski definition) is 5. The first-order valence-electron chi connectivity index (χ1n) is 10.2. The number of benzene rings is 2. The third-order valence-corrected chi connectivity index (χ3v) is 5.48. The summed E-state index contributed by atoms with van der Waals surface area (Å²) in [7, 11) is 0. The summed E-state index contributed by atoms with van der Waals surface area (Å²) in [6.07, 6.45) is 0. The molecule has 0 aliphatic carbocycles. The van der Waals surface area contributed by atoms with Gasteiger partial charge in [0.2, 0.25) is 0 Å². The second kappa shape index (κ2) is 10.7. The van der Waals surface area contributed by atoms with Gasteiger partial charge in [-0.25, -0.2) is 4.98 Å². The predicted molar refractivity (Wildman–Crippen MR) is 123 cm³/mol. The molecule has 2 amide bonds. The lowest BCUT2D eigenvalue weighted by atomic mass is 10.0. The number of nitrogens with zero attached hydrogens (tertiary/aromatic N) is 1. The van der Waals surface area contributed by atoms with E-state index in [9.17, 15) is 9.59 Å². The molecule has 3 rings (SSSR count). The molecule has 1 aromatic heterocycles. The molecular weight excluding hydrogens is 410 g/mol. The molecule has 1 heterocycles. The maximum Gasteiger partial charge on any atom is 0.270 e. The molecule has 2 aromatic carbocycles. The predicted octanol–water partition coefficient (Wildman–Crippen LogP) is 4.31. The average molecular weight is 438 g/mol. The molecule has 0 bridgehead atoms. The normalized spacial score (nSPS) is 10.7. The molecule has 0 spiro atoms. The summed E-state index contributed by atoms with van der Waals surface area (Å²) in [5, 5.41) is 8.00. The summed E-state index contributed by atoms with van der Waals surface area (Å²) >= 11 is 1.39. The number of thiazole rings is 1. The highest BCUT2D eigenvalue weighted by atomic mass is 32.1. The summed E-state index contributed by atoms with van der Waals surface area (Å²) in [5.41, 5.74) is 3.23. The molecular formula is C24H27N3O3S. The Balaban J connectivity index is 1.46. The van der Waals surface area contributed by atoms with Crippen molar-refractivity contribution in [2.24, 2.45) is 0 Å². The van der Waals surface area contributed by atoms with Crippen LogP contribution in [0.4, 0.5) is 0 Å². The maximum atomic E-state index is 12.3. The van der Waals surface area contributed by atoms with E-state index >= 15 is 0 Å². The van der Waals surface area contributed by atoms with Gasteiger partial charge >= 0.3 is 0 Å². The van der Waals surface area contributed by atoms with Crippen LogP contribution < -0.4 is 15.4 Å². The third kappa shape index (κ3) is 6.39. The maximum absolute atomic E-state index is 12.3. The number of carbonyl (C=O) groups excluding carboxylic acids is 2. The molecule has 3 aromatic rings. The van der Waals surface area contributed by atoms with E-state index < -0.39 is 0 Å². The number of aromatic nitrogens is 1. The summed E-state index contributed by atoms with van der Waals surface area (Å²) in [4.78, 5) is 28.7. The molecule has 162 valence electrons. The minimum Gasteiger partial charge on any atom is -0.486 e. The molecule has 0 aliphatic rings. The van der Waals surface area contributed by atoms with Crippen molar-refractivity contribution >= 4 is 23.2 Å². The van der Waals surface area contributed by atoms with Crippen molar-refractivity contribution in [2.45, 2.75) is 33.3 Å². The smallest absolute Gasteiger partial charge is 0.270 e. The minimum absolute atomic E-state index is 0.167. The highest BCUT2D eigenvalue weighted by molar-refractivity contribution is 7.09. The van der Waals surface area contributed by atoms with Crippen molar-refractivity contribution in [3.05, 3.63) is 81.3 Å². The number of hydrogen-bond donors (Lipinski definition) is 2.